The highest BCUT2D eigenvalue weighted by Crippen LogP contribution is 2.32. The molecule has 1 saturated heterocycles. The molecule has 1 amide bonds. The molecule has 0 aliphatic carbocycles. The average molecular weight is 534 g/mol. The van der Waals surface area contributed by atoms with E-state index in [1.165, 1.54) is 6.08 Å². The van der Waals surface area contributed by atoms with E-state index in [9.17, 15) is 4.79 Å². The maximum absolute atomic E-state index is 12.1. The van der Waals surface area contributed by atoms with Gasteiger partial charge in [0.1, 0.15) is 23.3 Å². The molecule has 9 heteroatoms. The lowest BCUT2D eigenvalue weighted by molar-refractivity contribution is -0.125. The number of rotatable bonds is 6. The van der Waals surface area contributed by atoms with E-state index in [1.54, 1.807) is 12.7 Å². The number of amides is 1. The van der Waals surface area contributed by atoms with Crippen LogP contribution in [0.4, 0.5) is 11.5 Å². The first kappa shape index (κ1) is 25.5. The SMILES string of the molecule is C=CC(=O)N1CCCC(c2ccc3ncnc(Nc4ccc(Oc5ccc6c(c5)ncn6C)c(C)c4)c3n2)CC1. The van der Waals surface area contributed by atoms with Crippen molar-refractivity contribution in [2.24, 2.45) is 7.05 Å². The van der Waals surface area contributed by atoms with Crippen molar-refractivity contribution >= 4 is 39.5 Å². The third-order valence-electron chi connectivity index (χ3n) is 7.50. The fraction of sp³-hybridized carbons (Fsp3) is 0.258. The number of pyridine rings is 1. The number of nitrogens with one attached hydrogen (secondary N) is 1. The fourth-order valence-corrected chi connectivity index (χ4v) is 5.30. The van der Waals surface area contributed by atoms with E-state index in [0.29, 0.717) is 12.4 Å². The highest BCUT2D eigenvalue weighted by Gasteiger charge is 2.22. The highest BCUT2D eigenvalue weighted by atomic mass is 16.5. The monoisotopic (exact) mass is 533 g/mol. The van der Waals surface area contributed by atoms with Crippen LogP contribution in [-0.4, -0.2) is 48.4 Å². The predicted octanol–water partition coefficient (Wildman–Crippen LogP) is 6.04. The van der Waals surface area contributed by atoms with Gasteiger partial charge in [-0.15, -0.1) is 0 Å². The number of carbonyl (C=O) groups is 1. The van der Waals surface area contributed by atoms with Gasteiger partial charge in [0.2, 0.25) is 5.91 Å². The van der Waals surface area contributed by atoms with Crippen LogP contribution in [0.1, 0.15) is 36.4 Å². The maximum Gasteiger partial charge on any atom is 0.245 e. The Morgan fingerprint density at radius 2 is 1.95 bits per heavy atom. The molecule has 1 fully saturated rings. The lowest BCUT2D eigenvalue weighted by Crippen LogP contribution is -2.30. The van der Waals surface area contributed by atoms with Crippen LogP contribution in [0.2, 0.25) is 0 Å². The summed E-state index contributed by atoms with van der Waals surface area (Å²) in [5.41, 5.74) is 6.32. The molecule has 9 nitrogen and oxygen atoms in total. The van der Waals surface area contributed by atoms with Gasteiger partial charge in [-0.3, -0.25) is 4.79 Å². The van der Waals surface area contributed by atoms with E-state index in [2.05, 4.69) is 26.8 Å². The summed E-state index contributed by atoms with van der Waals surface area (Å²) in [5.74, 6) is 2.42. The quantitative estimate of drug-likeness (QED) is 0.266. The largest absolute Gasteiger partial charge is 0.457 e. The second-order valence-electron chi connectivity index (χ2n) is 10.2. The van der Waals surface area contributed by atoms with Gasteiger partial charge in [0.25, 0.3) is 0 Å². The van der Waals surface area contributed by atoms with E-state index in [-0.39, 0.29) is 11.8 Å². The summed E-state index contributed by atoms with van der Waals surface area (Å²) in [7, 11) is 1.97. The first-order valence-corrected chi connectivity index (χ1v) is 13.5. The maximum atomic E-state index is 12.1. The second-order valence-corrected chi connectivity index (χ2v) is 10.2. The molecule has 1 N–H and O–H groups in total. The molecule has 0 bridgehead atoms. The third kappa shape index (κ3) is 5.10. The Bertz CT molecular complexity index is 1730. The molecule has 1 aliphatic heterocycles. The lowest BCUT2D eigenvalue weighted by atomic mass is 9.96. The van der Waals surface area contributed by atoms with Gasteiger partial charge < -0.3 is 19.5 Å². The molecular formula is C31H31N7O2. The Balaban J connectivity index is 1.21. The van der Waals surface area contributed by atoms with E-state index >= 15 is 0 Å². The van der Waals surface area contributed by atoms with Crippen LogP contribution in [0.5, 0.6) is 11.5 Å². The zero-order chi connectivity index (χ0) is 27.6. The normalized spacial score (nSPS) is 15.7. The van der Waals surface area contributed by atoms with Gasteiger partial charge >= 0.3 is 0 Å². The Morgan fingerprint density at radius 1 is 1.05 bits per heavy atom. The van der Waals surface area contributed by atoms with E-state index < -0.39 is 0 Å². The van der Waals surface area contributed by atoms with Crippen molar-refractivity contribution in [3.63, 3.8) is 0 Å². The first-order chi connectivity index (χ1) is 19.5. The molecule has 4 heterocycles. The van der Waals surface area contributed by atoms with Crippen molar-refractivity contribution in [2.75, 3.05) is 18.4 Å². The first-order valence-electron chi connectivity index (χ1n) is 13.5. The number of fused-ring (bicyclic) bond motifs is 2. The average Bonchev–Trinajstić information content (AvgIpc) is 3.16. The molecular weight excluding hydrogens is 502 g/mol. The highest BCUT2D eigenvalue weighted by molar-refractivity contribution is 5.87. The molecule has 40 heavy (non-hydrogen) atoms. The summed E-state index contributed by atoms with van der Waals surface area (Å²) in [5, 5.41) is 3.43. The second kappa shape index (κ2) is 10.8. The molecule has 1 unspecified atom stereocenters. The fourth-order valence-electron chi connectivity index (χ4n) is 5.30. The van der Waals surface area contributed by atoms with Crippen LogP contribution >= 0.6 is 0 Å². The number of aromatic nitrogens is 5. The molecule has 5 aromatic rings. The van der Waals surface area contributed by atoms with Crippen molar-refractivity contribution in [1.29, 1.82) is 0 Å². The summed E-state index contributed by atoms with van der Waals surface area (Å²) < 4.78 is 8.16. The number of benzene rings is 2. The molecule has 0 radical (unpaired) electrons. The number of nitrogens with zero attached hydrogens (tertiary/aromatic N) is 6. The van der Waals surface area contributed by atoms with Crippen LogP contribution in [0.3, 0.4) is 0 Å². The van der Waals surface area contributed by atoms with Crippen molar-refractivity contribution < 1.29 is 9.53 Å². The molecule has 1 atom stereocenters. The standard InChI is InChI=1S/C31H31N7O2/c1-4-29(39)38-14-5-6-21(13-15-38)24-9-10-25-30(36-24)31(33-18-32-25)35-22-7-12-28(20(2)16-22)40-23-8-11-27-26(17-23)34-19-37(27)3/h4,7-12,16-19,21H,1,5-6,13-15H2,2-3H3,(H,32,33,35). The van der Waals surface area contributed by atoms with Crippen molar-refractivity contribution in [1.82, 2.24) is 29.4 Å². The minimum atomic E-state index is -0.00649. The summed E-state index contributed by atoms with van der Waals surface area (Å²) in [6.07, 6.45) is 7.51. The summed E-state index contributed by atoms with van der Waals surface area (Å²) in [6.45, 7) is 7.10. The zero-order valence-corrected chi connectivity index (χ0v) is 22.7. The number of likely N-dealkylation sites (tertiary alicyclic amines) is 1. The van der Waals surface area contributed by atoms with E-state index in [1.807, 2.05) is 72.0 Å². The zero-order valence-electron chi connectivity index (χ0n) is 22.7. The number of carbonyl (C=O) groups excluding carboxylic acids is 1. The Kier molecular flexibility index (Phi) is 6.86. The minimum absolute atomic E-state index is 0.00649. The number of hydrogen-bond acceptors (Lipinski definition) is 7. The van der Waals surface area contributed by atoms with Crippen LogP contribution in [0.25, 0.3) is 22.1 Å². The van der Waals surface area contributed by atoms with Gasteiger partial charge in [0.05, 0.1) is 22.9 Å². The summed E-state index contributed by atoms with van der Waals surface area (Å²) in [6, 6.07) is 15.9. The molecule has 202 valence electrons. The summed E-state index contributed by atoms with van der Waals surface area (Å²) in [4.78, 5) is 32.3. The van der Waals surface area contributed by atoms with Crippen molar-refractivity contribution in [3.8, 4) is 11.5 Å². The lowest BCUT2D eigenvalue weighted by Gasteiger charge is -2.18. The number of aryl methyl sites for hydroxylation is 2. The minimum Gasteiger partial charge on any atom is -0.457 e. The molecule has 0 spiro atoms. The Morgan fingerprint density at radius 3 is 2.80 bits per heavy atom. The molecule has 2 aromatic carbocycles. The van der Waals surface area contributed by atoms with Gasteiger partial charge in [0.15, 0.2) is 5.82 Å². The molecule has 1 aliphatic rings. The Hall–Kier alpha value is -4.79. The molecule has 6 rings (SSSR count). The number of imidazole rings is 1. The van der Waals surface area contributed by atoms with Gasteiger partial charge in [-0.25, -0.2) is 19.9 Å². The van der Waals surface area contributed by atoms with E-state index in [4.69, 9.17) is 9.72 Å². The molecule has 0 saturated carbocycles. The van der Waals surface area contributed by atoms with Gasteiger partial charge in [-0.1, -0.05) is 6.58 Å². The van der Waals surface area contributed by atoms with Crippen LogP contribution in [0, 0.1) is 6.92 Å². The van der Waals surface area contributed by atoms with Crippen LogP contribution < -0.4 is 10.1 Å². The number of hydrogen-bond donors (Lipinski definition) is 1. The molecule has 3 aromatic heterocycles. The smallest absolute Gasteiger partial charge is 0.245 e. The Labute approximate surface area is 232 Å². The van der Waals surface area contributed by atoms with E-state index in [0.717, 1.165) is 76.3 Å². The predicted molar refractivity (Wildman–Crippen MR) is 156 cm³/mol. The van der Waals surface area contributed by atoms with Crippen molar-refractivity contribution in [3.05, 3.63) is 85.1 Å². The topological polar surface area (TPSA) is 98.1 Å². The van der Waals surface area contributed by atoms with Gasteiger partial charge in [0, 0.05) is 43.5 Å². The summed E-state index contributed by atoms with van der Waals surface area (Å²) >= 11 is 0. The third-order valence-corrected chi connectivity index (χ3v) is 7.50. The number of ether oxygens (including phenoxy) is 1. The van der Waals surface area contributed by atoms with Gasteiger partial charge in [-0.2, -0.15) is 0 Å². The van der Waals surface area contributed by atoms with Crippen molar-refractivity contribution in [2.45, 2.75) is 32.1 Å². The van der Waals surface area contributed by atoms with Gasteiger partial charge in [-0.05, 0) is 80.3 Å². The number of anilines is 2. The van der Waals surface area contributed by atoms with Crippen LogP contribution in [-0.2, 0) is 11.8 Å². The van der Waals surface area contributed by atoms with Crippen LogP contribution in [0.15, 0.2) is 73.8 Å².